The van der Waals surface area contributed by atoms with Gasteiger partial charge in [-0.25, -0.2) is 0 Å². The Morgan fingerprint density at radius 2 is 2.25 bits per heavy atom. The van der Waals surface area contributed by atoms with Crippen LogP contribution in [0.1, 0.15) is 41.7 Å². The molecule has 7 heteroatoms. The van der Waals surface area contributed by atoms with Gasteiger partial charge in [-0.3, -0.25) is 9.58 Å². The van der Waals surface area contributed by atoms with Gasteiger partial charge in [-0.1, -0.05) is 11.2 Å². The molecule has 1 aliphatic heterocycles. The molecule has 1 saturated heterocycles. The Hall–Kier alpha value is -1.99. The molecule has 0 spiro atoms. The molecule has 0 aromatic carbocycles. The zero-order chi connectivity index (χ0) is 16.7. The Morgan fingerprint density at radius 3 is 2.96 bits per heavy atom. The Balaban J connectivity index is 1.56. The Morgan fingerprint density at radius 1 is 1.38 bits per heavy atom. The van der Waals surface area contributed by atoms with Gasteiger partial charge in [0.1, 0.15) is 0 Å². The molecule has 4 heterocycles. The van der Waals surface area contributed by atoms with Crippen molar-refractivity contribution in [2.24, 2.45) is 7.05 Å². The first-order valence-electron chi connectivity index (χ1n) is 8.24. The smallest absolute Gasteiger partial charge is 0.241 e. The van der Waals surface area contributed by atoms with Crippen LogP contribution in [0.3, 0.4) is 0 Å². The predicted molar refractivity (Wildman–Crippen MR) is 92.7 cm³/mol. The van der Waals surface area contributed by atoms with E-state index in [-0.39, 0.29) is 0 Å². The van der Waals surface area contributed by atoms with Gasteiger partial charge in [-0.05, 0) is 44.7 Å². The molecule has 0 bridgehead atoms. The highest BCUT2D eigenvalue weighted by molar-refractivity contribution is 7.13. The van der Waals surface area contributed by atoms with E-state index < -0.39 is 0 Å². The van der Waals surface area contributed by atoms with E-state index in [0.717, 1.165) is 23.5 Å². The summed E-state index contributed by atoms with van der Waals surface area (Å²) in [6.45, 7) is 5.99. The van der Waals surface area contributed by atoms with Crippen molar-refractivity contribution in [1.29, 1.82) is 0 Å². The van der Waals surface area contributed by atoms with Crippen LogP contribution in [0.4, 0.5) is 0 Å². The average Bonchev–Trinajstić information content (AvgIpc) is 3.30. The highest BCUT2D eigenvalue weighted by Crippen LogP contribution is 2.36. The molecular weight excluding hydrogens is 322 g/mol. The first-order valence-corrected chi connectivity index (χ1v) is 9.12. The maximum atomic E-state index is 5.48. The van der Waals surface area contributed by atoms with Crippen LogP contribution in [0, 0.1) is 13.8 Å². The second-order valence-corrected chi connectivity index (χ2v) is 7.27. The third-order valence-corrected chi connectivity index (χ3v) is 5.68. The van der Waals surface area contributed by atoms with Crippen molar-refractivity contribution < 1.29 is 4.52 Å². The van der Waals surface area contributed by atoms with E-state index in [0.29, 0.717) is 24.3 Å². The van der Waals surface area contributed by atoms with E-state index in [4.69, 9.17) is 4.52 Å². The summed E-state index contributed by atoms with van der Waals surface area (Å²) in [5.41, 5.74) is 3.72. The van der Waals surface area contributed by atoms with Crippen molar-refractivity contribution in [2.45, 2.75) is 39.3 Å². The SMILES string of the molecule is Cc1nn(C)c(C)c1[C@H]1CCCN1Cc1nc(-c2cccs2)no1. The molecule has 0 N–H and O–H groups in total. The highest BCUT2D eigenvalue weighted by atomic mass is 32.1. The molecule has 0 saturated carbocycles. The summed E-state index contributed by atoms with van der Waals surface area (Å²) in [5, 5.41) is 10.7. The van der Waals surface area contributed by atoms with Crippen LogP contribution >= 0.6 is 11.3 Å². The Labute approximate surface area is 145 Å². The van der Waals surface area contributed by atoms with Gasteiger partial charge >= 0.3 is 0 Å². The number of rotatable bonds is 4. The van der Waals surface area contributed by atoms with Gasteiger partial charge < -0.3 is 4.52 Å². The second-order valence-electron chi connectivity index (χ2n) is 6.33. The molecule has 6 nitrogen and oxygen atoms in total. The van der Waals surface area contributed by atoms with Crippen molar-refractivity contribution in [1.82, 2.24) is 24.8 Å². The zero-order valence-electron chi connectivity index (χ0n) is 14.2. The van der Waals surface area contributed by atoms with Gasteiger partial charge in [0.15, 0.2) is 0 Å². The summed E-state index contributed by atoms with van der Waals surface area (Å²) in [5.74, 6) is 1.37. The van der Waals surface area contributed by atoms with Crippen LogP contribution in [0.5, 0.6) is 0 Å². The fraction of sp³-hybridized carbons (Fsp3) is 0.471. The van der Waals surface area contributed by atoms with Crippen molar-refractivity contribution in [3.63, 3.8) is 0 Å². The van der Waals surface area contributed by atoms with Crippen LogP contribution in [0.15, 0.2) is 22.0 Å². The van der Waals surface area contributed by atoms with E-state index in [1.165, 1.54) is 17.7 Å². The van der Waals surface area contributed by atoms with E-state index in [9.17, 15) is 0 Å². The predicted octanol–water partition coefficient (Wildman–Crippen LogP) is 3.49. The third-order valence-electron chi connectivity index (χ3n) is 4.81. The molecular formula is C17H21N5OS. The van der Waals surface area contributed by atoms with Gasteiger partial charge in [-0.2, -0.15) is 10.1 Å². The summed E-state index contributed by atoms with van der Waals surface area (Å²) >= 11 is 1.63. The number of thiophene rings is 1. The minimum atomic E-state index is 0.385. The highest BCUT2D eigenvalue weighted by Gasteiger charge is 2.31. The number of hydrogen-bond acceptors (Lipinski definition) is 6. The number of hydrogen-bond donors (Lipinski definition) is 0. The molecule has 24 heavy (non-hydrogen) atoms. The summed E-state index contributed by atoms with van der Waals surface area (Å²) in [4.78, 5) is 8.04. The van der Waals surface area contributed by atoms with E-state index in [2.05, 4.69) is 34.0 Å². The molecule has 1 aliphatic rings. The van der Waals surface area contributed by atoms with E-state index in [1.54, 1.807) is 11.3 Å². The standard InChI is InChI=1S/C17H21N5OS/c1-11-16(12(2)21(3)19-11)13-6-4-8-22(13)10-15-18-17(20-23-15)14-7-5-9-24-14/h5,7,9,13H,4,6,8,10H2,1-3H3/t13-/m1/s1. The largest absolute Gasteiger partial charge is 0.338 e. The van der Waals surface area contributed by atoms with Crippen molar-refractivity contribution in [3.8, 4) is 10.7 Å². The number of likely N-dealkylation sites (tertiary alicyclic amines) is 1. The van der Waals surface area contributed by atoms with Crippen molar-refractivity contribution in [2.75, 3.05) is 6.54 Å². The summed E-state index contributed by atoms with van der Waals surface area (Å²) in [6, 6.07) is 4.40. The lowest BCUT2D eigenvalue weighted by atomic mass is 10.0. The Kier molecular flexibility index (Phi) is 3.97. The third kappa shape index (κ3) is 2.67. The first-order chi connectivity index (χ1) is 11.6. The van der Waals surface area contributed by atoms with E-state index in [1.807, 2.05) is 29.2 Å². The van der Waals surface area contributed by atoms with Gasteiger partial charge in [-0.15, -0.1) is 11.3 Å². The van der Waals surface area contributed by atoms with Gasteiger partial charge in [0.05, 0.1) is 17.1 Å². The van der Waals surface area contributed by atoms with Crippen LogP contribution in [0.25, 0.3) is 10.7 Å². The molecule has 3 aromatic rings. The van der Waals surface area contributed by atoms with Crippen LogP contribution in [-0.4, -0.2) is 31.4 Å². The quantitative estimate of drug-likeness (QED) is 0.726. The maximum Gasteiger partial charge on any atom is 0.241 e. The van der Waals surface area contributed by atoms with Gasteiger partial charge in [0.2, 0.25) is 11.7 Å². The summed E-state index contributed by atoms with van der Waals surface area (Å²) in [6.07, 6.45) is 2.34. The molecule has 0 radical (unpaired) electrons. The molecule has 3 aromatic heterocycles. The summed E-state index contributed by atoms with van der Waals surface area (Å²) < 4.78 is 7.46. The zero-order valence-corrected chi connectivity index (χ0v) is 15.0. The topological polar surface area (TPSA) is 60.0 Å². The minimum absolute atomic E-state index is 0.385. The van der Waals surface area contributed by atoms with Gasteiger partial charge in [0.25, 0.3) is 0 Å². The van der Waals surface area contributed by atoms with E-state index >= 15 is 0 Å². The molecule has 126 valence electrons. The average molecular weight is 343 g/mol. The monoisotopic (exact) mass is 343 g/mol. The summed E-state index contributed by atoms with van der Waals surface area (Å²) in [7, 11) is 2.01. The molecule has 4 rings (SSSR count). The lowest BCUT2D eigenvalue weighted by Gasteiger charge is -2.23. The number of aryl methyl sites for hydroxylation is 2. The van der Waals surface area contributed by atoms with Crippen molar-refractivity contribution >= 4 is 11.3 Å². The molecule has 0 aliphatic carbocycles. The van der Waals surface area contributed by atoms with Gasteiger partial charge in [0, 0.05) is 24.3 Å². The maximum absolute atomic E-state index is 5.48. The first kappa shape index (κ1) is 15.5. The lowest BCUT2D eigenvalue weighted by molar-refractivity contribution is 0.211. The number of nitrogens with zero attached hydrogens (tertiary/aromatic N) is 5. The fourth-order valence-corrected chi connectivity index (χ4v) is 4.26. The lowest BCUT2D eigenvalue weighted by Crippen LogP contribution is -2.23. The molecule has 0 unspecified atom stereocenters. The number of aromatic nitrogens is 4. The Bertz CT molecular complexity index is 835. The molecule has 0 amide bonds. The fourth-order valence-electron chi connectivity index (χ4n) is 3.61. The normalized spacial score (nSPS) is 18.5. The minimum Gasteiger partial charge on any atom is -0.338 e. The van der Waals surface area contributed by atoms with Crippen molar-refractivity contribution in [3.05, 3.63) is 40.4 Å². The molecule has 1 fully saturated rings. The van der Waals surface area contributed by atoms with Crippen LogP contribution in [-0.2, 0) is 13.6 Å². The second kappa shape index (κ2) is 6.14. The van der Waals surface area contributed by atoms with Crippen LogP contribution < -0.4 is 0 Å². The van der Waals surface area contributed by atoms with Crippen LogP contribution in [0.2, 0.25) is 0 Å². The molecule has 1 atom stereocenters.